The zero-order valence-electron chi connectivity index (χ0n) is 9.84. The topological polar surface area (TPSA) is 102 Å². The van der Waals surface area contributed by atoms with Gasteiger partial charge in [0.2, 0.25) is 0 Å². The van der Waals surface area contributed by atoms with Gasteiger partial charge in [-0.25, -0.2) is 0 Å². The van der Waals surface area contributed by atoms with Crippen molar-refractivity contribution in [1.29, 1.82) is 10.5 Å². The molecule has 0 saturated heterocycles. The van der Waals surface area contributed by atoms with Crippen LogP contribution in [0.25, 0.3) is 0 Å². The van der Waals surface area contributed by atoms with Crippen LogP contribution in [0.4, 0.5) is 5.69 Å². The lowest BCUT2D eigenvalue weighted by atomic mass is 10.1. The second-order valence-corrected chi connectivity index (χ2v) is 4.38. The van der Waals surface area contributed by atoms with Gasteiger partial charge in [-0.2, -0.15) is 10.5 Å². The van der Waals surface area contributed by atoms with Crippen LogP contribution in [-0.2, 0) is 0 Å². The summed E-state index contributed by atoms with van der Waals surface area (Å²) >= 11 is 1.00. The Hall–Kier alpha value is -2.77. The van der Waals surface area contributed by atoms with Crippen molar-refractivity contribution in [2.45, 2.75) is 6.92 Å². The van der Waals surface area contributed by atoms with E-state index in [1.54, 1.807) is 13.0 Å². The highest BCUT2D eigenvalue weighted by molar-refractivity contribution is 7.08. The van der Waals surface area contributed by atoms with Crippen molar-refractivity contribution in [1.82, 2.24) is 9.59 Å². The van der Waals surface area contributed by atoms with E-state index in [2.05, 4.69) is 14.9 Å². The van der Waals surface area contributed by atoms with E-state index in [4.69, 9.17) is 10.5 Å². The highest BCUT2D eigenvalue weighted by atomic mass is 32.1. The zero-order valence-corrected chi connectivity index (χ0v) is 10.7. The molecule has 0 aliphatic carbocycles. The number of benzene rings is 1. The van der Waals surface area contributed by atoms with E-state index in [0.717, 1.165) is 11.5 Å². The number of amides is 1. The third-order valence-corrected chi connectivity index (χ3v) is 3.20. The van der Waals surface area contributed by atoms with Crippen LogP contribution in [0.1, 0.15) is 26.5 Å². The monoisotopic (exact) mass is 269 g/mol. The molecule has 0 unspecified atom stereocenters. The van der Waals surface area contributed by atoms with E-state index in [-0.39, 0.29) is 17.0 Å². The maximum Gasteiger partial charge on any atom is 0.269 e. The van der Waals surface area contributed by atoms with Gasteiger partial charge in [0.1, 0.15) is 17.0 Å². The predicted octanol–water partition coefficient (Wildman–Crippen LogP) is 1.84. The van der Waals surface area contributed by atoms with Crippen molar-refractivity contribution < 1.29 is 4.79 Å². The van der Waals surface area contributed by atoms with E-state index in [9.17, 15) is 4.79 Å². The Kier molecular flexibility index (Phi) is 3.51. The van der Waals surface area contributed by atoms with Crippen molar-refractivity contribution in [3.63, 3.8) is 0 Å². The van der Waals surface area contributed by atoms with E-state index in [0.29, 0.717) is 16.3 Å². The molecule has 1 aromatic carbocycles. The average Bonchev–Trinajstić information content (AvgIpc) is 2.85. The van der Waals surface area contributed by atoms with Gasteiger partial charge in [-0.05, 0) is 36.7 Å². The fourth-order valence-electron chi connectivity index (χ4n) is 1.44. The lowest BCUT2D eigenvalue weighted by molar-refractivity contribution is 0.103. The molecule has 2 aromatic rings. The molecule has 0 spiro atoms. The highest BCUT2D eigenvalue weighted by Crippen LogP contribution is 2.17. The van der Waals surface area contributed by atoms with Crippen LogP contribution in [0.5, 0.6) is 0 Å². The van der Waals surface area contributed by atoms with E-state index in [1.807, 2.05) is 12.1 Å². The third kappa shape index (κ3) is 2.57. The maximum atomic E-state index is 11.9. The van der Waals surface area contributed by atoms with Crippen LogP contribution < -0.4 is 5.32 Å². The van der Waals surface area contributed by atoms with Crippen LogP contribution in [0, 0.1) is 29.6 Å². The maximum absolute atomic E-state index is 11.9. The third-order valence-electron chi connectivity index (χ3n) is 2.38. The molecule has 0 radical (unpaired) electrons. The number of nitriles is 2. The SMILES string of the molecule is Cc1nnsc1C(=O)Nc1ccc(C#N)c(C#N)c1. The average molecular weight is 269 g/mol. The number of anilines is 1. The standard InChI is InChI=1S/C12H7N5OS/c1-7-11(19-17-16-7)12(18)15-10-3-2-8(5-13)9(4-10)6-14/h2-4H,1H3,(H,15,18). The van der Waals surface area contributed by atoms with Crippen molar-refractivity contribution in [2.75, 3.05) is 5.32 Å². The zero-order chi connectivity index (χ0) is 13.8. The summed E-state index contributed by atoms with van der Waals surface area (Å²) in [5.41, 5.74) is 1.50. The molecule has 19 heavy (non-hydrogen) atoms. The summed E-state index contributed by atoms with van der Waals surface area (Å²) in [5.74, 6) is -0.332. The molecule has 1 aromatic heterocycles. The molecule has 0 bridgehead atoms. The number of hydrogen-bond acceptors (Lipinski definition) is 6. The number of carbonyl (C=O) groups excluding carboxylic acids is 1. The molecule has 6 nitrogen and oxygen atoms in total. The summed E-state index contributed by atoms with van der Waals surface area (Å²) in [4.78, 5) is 12.3. The molecule has 0 saturated carbocycles. The van der Waals surface area contributed by atoms with Crippen LogP contribution >= 0.6 is 11.5 Å². The molecule has 7 heteroatoms. The van der Waals surface area contributed by atoms with Gasteiger partial charge in [-0.1, -0.05) is 4.49 Å². The van der Waals surface area contributed by atoms with Gasteiger partial charge < -0.3 is 5.32 Å². The Morgan fingerprint density at radius 1 is 1.32 bits per heavy atom. The van der Waals surface area contributed by atoms with Gasteiger partial charge in [-0.3, -0.25) is 4.79 Å². The minimum Gasteiger partial charge on any atom is -0.321 e. The Morgan fingerprint density at radius 3 is 2.63 bits per heavy atom. The quantitative estimate of drug-likeness (QED) is 0.896. The Morgan fingerprint density at radius 2 is 2.05 bits per heavy atom. The van der Waals surface area contributed by atoms with E-state index >= 15 is 0 Å². The molecular formula is C12H7N5OS. The molecule has 0 atom stereocenters. The molecule has 1 heterocycles. The van der Waals surface area contributed by atoms with Crippen LogP contribution in [0.2, 0.25) is 0 Å². The van der Waals surface area contributed by atoms with Crippen LogP contribution in [0.15, 0.2) is 18.2 Å². The number of nitrogens with one attached hydrogen (secondary N) is 1. The Bertz CT molecular complexity index is 722. The van der Waals surface area contributed by atoms with Crippen LogP contribution in [-0.4, -0.2) is 15.5 Å². The number of rotatable bonds is 2. The fraction of sp³-hybridized carbons (Fsp3) is 0.0833. The summed E-state index contributed by atoms with van der Waals surface area (Å²) in [6, 6.07) is 8.34. The number of hydrogen-bond donors (Lipinski definition) is 1. The molecule has 1 amide bonds. The fourth-order valence-corrected chi connectivity index (χ4v) is 1.99. The summed E-state index contributed by atoms with van der Waals surface area (Å²) in [7, 11) is 0. The largest absolute Gasteiger partial charge is 0.321 e. The lowest BCUT2D eigenvalue weighted by Crippen LogP contribution is -2.11. The molecule has 0 fully saturated rings. The lowest BCUT2D eigenvalue weighted by Gasteiger charge is -2.04. The minimum atomic E-state index is -0.332. The predicted molar refractivity (Wildman–Crippen MR) is 68.5 cm³/mol. The summed E-state index contributed by atoms with van der Waals surface area (Å²) in [6.07, 6.45) is 0. The first-order valence-corrected chi connectivity index (χ1v) is 5.97. The molecule has 1 N–H and O–H groups in total. The second kappa shape index (κ2) is 5.25. The van der Waals surface area contributed by atoms with E-state index in [1.165, 1.54) is 12.1 Å². The van der Waals surface area contributed by atoms with Crippen molar-refractivity contribution in [3.05, 3.63) is 39.9 Å². The molecule has 0 aliphatic heterocycles. The van der Waals surface area contributed by atoms with Gasteiger partial charge in [-0.15, -0.1) is 5.10 Å². The first-order chi connectivity index (χ1) is 9.15. The number of carbonyl (C=O) groups is 1. The molecule has 2 rings (SSSR count). The number of aryl methyl sites for hydroxylation is 1. The van der Waals surface area contributed by atoms with Gasteiger partial charge in [0, 0.05) is 5.69 Å². The molecule has 92 valence electrons. The smallest absolute Gasteiger partial charge is 0.269 e. The van der Waals surface area contributed by atoms with Crippen LogP contribution in [0.3, 0.4) is 0 Å². The van der Waals surface area contributed by atoms with Gasteiger partial charge in [0.05, 0.1) is 16.8 Å². The molecule has 0 aliphatic rings. The second-order valence-electron chi connectivity index (χ2n) is 3.63. The minimum absolute atomic E-state index is 0.222. The Labute approximate surface area is 113 Å². The number of aromatic nitrogens is 2. The summed E-state index contributed by atoms with van der Waals surface area (Å²) in [5, 5.41) is 24.1. The van der Waals surface area contributed by atoms with Crippen molar-refractivity contribution in [3.8, 4) is 12.1 Å². The van der Waals surface area contributed by atoms with Gasteiger partial charge >= 0.3 is 0 Å². The number of nitrogens with zero attached hydrogens (tertiary/aromatic N) is 4. The van der Waals surface area contributed by atoms with Crippen molar-refractivity contribution >= 4 is 23.1 Å². The van der Waals surface area contributed by atoms with Gasteiger partial charge in [0.25, 0.3) is 5.91 Å². The van der Waals surface area contributed by atoms with Gasteiger partial charge in [0.15, 0.2) is 0 Å². The normalized spacial score (nSPS) is 9.42. The summed E-state index contributed by atoms with van der Waals surface area (Å²) in [6.45, 7) is 1.69. The highest BCUT2D eigenvalue weighted by Gasteiger charge is 2.13. The Balaban J connectivity index is 2.26. The molecular weight excluding hydrogens is 262 g/mol. The summed E-state index contributed by atoms with van der Waals surface area (Å²) < 4.78 is 3.68. The first kappa shape index (κ1) is 12.7. The first-order valence-electron chi connectivity index (χ1n) is 5.20. The van der Waals surface area contributed by atoms with E-state index < -0.39 is 0 Å². The van der Waals surface area contributed by atoms with Crippen molar-refractivity contribution in [2.24, 2.45) is 0 Å².